The lowest BCUT2D eigenvalue weighted by Crippen LogP contribution is -1.87. The van der Waals surface area contributed by atoms with E-state index in [0.717, 1.165) is 10.4 Å². The van der Waals surface area contributed by atoms with Gasteiger partial charge in [0.1, 0.15) is 0 Å². The molecule has 90 valence electrons. The first-order valence-electron chi connectivity index (χ1n) is 5.17. The third-order valence-corrected chi connectivity index (χ3v) is 3.62. The predicted molar refractivity (Wildman–Crippen MR) is 72.5 cm³/mol. The molecule has 0 bridgehead atoms. The van der Waals surface area contributed by atoms with Gasteiger partial charge in [0.15, 0.2) is 0 Å². The van der Waals surface area contributed by atoms with Gasteiger partial charge in [-0.2, -0.15) is 4.98 Å². The van der Waals surface area contributed by atoms with Crippen molar-refractivity contribution >= 4 is 28.6 Å². The van der Waals surface area contributed by atoms with E-state index in [1.54, 1.807) is 29.5 Å². The molecular weight excluding hydrogens is 270 g/mol. The normalized spacial score (nSPS) is 10.7. The van der Waals surface area contributed by atoms with Crippen molar-refractivity contribution in [2.24, 2.45) is 0 Å². The largest absolute Gasteiger partial charge is 0.398 e. The second-order valence-corrected chi connectivity index (χ2v) is 4.99. The maximum Gasteiger partial charge on any atom is 0.258 e. The highest BCUT2D eigenvalue weighted by Gasteiger charge is 2.11. The first-order chi connectivity index (χ1) is 8.74. The van der Waals surface area contributed by atoms with Gasteiger partial charge in [-0.05, 0) is 29.6 Å². The van der Waals surface area contributed by atoms with E-state index >= 15 is 0 Å². The zero-order valence-corrected chi connectivity index (χ0v) is 10.7. The fourth-order valence-corrected chi connectivity index (χ4v) is 2.29. The van der Waals surface area contributed by atoms with Gasteiger partial charge in [0, 0.05) is 5.56 Å². The van der Waals surface area contributed by atoms with Crippen molar-refractivity contribution in [3.63, 3.8) is 0 Å². The molecule has 0 radical (unpaired) electrons. The van der Waals surface area contributed by atoms with E-state index in [9.17, 15) is 0 Å². The van der Waals surface area contributed by atoms with Gasteiger partial charge in [0.25, 0.3) is 5.89 Å². The second kappa shape index (κ2) is 4.44. The predicted octanol–water partition coefficient (Wildman–Crippen LogP) is 3.70. The second-order valence-electron chi connectivity index (χ2n) is 3.64. The Morgan fingerprint density at radius 1 is 1.28 bits per heavy atom. The molecule has 2 aromatic heterocycles. The van der Waals surface area contributed by atoms with Crippen LogP contribution in [0.4, 0.5) is 5.69 Å². The van der Waals surface area contributed by atoms with Gasteiger partial charge in [-0.3, -0.25) is 0 Å². The third-order valence-electron chi connectivity index (χ3n) is 2.41. The molecule has 18 heavy (non-hydrogen) atoms. The maximum atomic E-state index is 5.86. The number of benzene rings is 1. The molecule has 6 heteroatoms. The van der Waals surface area contributed by atoms with Crippen LogP contribution in [0.15, 0.2) is 40.2 Å². The summed E-state index contributed by atoms with van der Waals surface area (Å²) in [7, 11) is 0. The minimum Gasteiger partial charge on any atom is -0.398 e. The molecular formula is C12H8ClN3OS. The van der Waals surface area contributed by atoms with Crippen molar-refractivity contribution < 1.29 is 4.52 Å². The highest BCUT2D eigenvalue weighted by molar-refractivity contribution is 7.13. The van der Waals surface area contributed by atoms with Crippen LogP contribution < -0.4 is 5.73 Å². The van der Waals surface area contributed by atoms with E-state index in [2.05, 4.69) is 10.1 Å². The summed E-state index contributed by atoms with van der Waals surface area (Å²) in [5, 5.41) is 6.41. The van der Waals surface area contributed by atoms with Crippen LogP contribution in [0.2, 0.25) is 5.02 Å². The van der Waals surface area contributed by atoms with Gasteiger partial charge < -0.3 is 10.3 Å². The van der Waals surface area contributed by atoms with Crippen LogP contribution in [0.3, 0.4) is 0 Å². The summed E-state index contributed by atoms with van der Waals surface area (Å²) >= 11 is 7.42. The van der Waals surface area contributed by atoms with E-state index in [-0.39, 0.29) is 0 Å². The van der Waals surface area contributed by atoms with Crippen LogP contribution in [0.1, 0.15) is 0 Å². The molecule has 3 rings (SSSR count). The fraction of sp³-hybridized carbons (Fsp3) is 0. The number of nitrogens with zero attached hydrogens (tertiary/aromatic N) is 2. The van der Waals surface area contributed by atoms with E-state index in [1.807, 2.05) is 17.5 Å². The van der Waals surface area contributed by atoms with Crippen LogP contribution in [-0.2, 0) is 0 Å². The highest BCUT2D eigenvalue weighted by Crippen LogP contribution is 2.28. The smallest absolute Gasteiger partial charge is 0.258 e. The molecule has 1 aromatic carbocycles. The molecule has 2 heterocycles. The number of halogens is 1. The number of thiophene rings is 1. The molecule has 0 atom stereocenters. The van der Waals surface area contributed by atoms with E-state index in [0.29, 0.717) is 22.4 Å². The molecule has 0 unspecified atom stereocenters. The highest BCUT2D eigenvalue weighted by atomic mass is 35.5. The standard InChI is InChI=1S/C12H8ClN3OS/c13-8-4-3-7(6-9(8)14)12-15-11(16-17-12)10-2-1-5-18-10/h1-6H,14H2. The Balaban J connectivity index is 2.00. The average molecular weight is 278 g/mol. The zero-order valence-electron chi connectivity index (χ0n) is 9.13. The number of anilines is 1. The molecule has 0 aliphatic rings. The Labute approximate surface area is 112 Å². The SMILES string of the molecule is Nc1cc(-c2nc(-c3cccs3)no2)ccc1Cl. The topological polar surface area (TPSA) is 64.9 Å². The Kier molecular flexibility index (Phi) is 2.77. The lowest BCUT2D eigenvalue weighted by Gasteiger charge is -1.98. The van der Waals surface area contributed by atoms with E-state index in [4.69, 9.17) is 21.9 Å². The third kappa shape index (κ3) is 1.98. The van der Waals surface area contributed by atoms with Crippen molar-refractivity contribution in [3.05, 3.63) is 40.7 Å². The Morgan fingerprint density at radius 3 is 2.89 bits per heavy atom. The number of hydrogen-bond donors (Lipinski definition) is 1. The van der Waals surface area contributed by atoms with Gasteiger partial charge in [-0.1, -0.05) is 22.8 Å². The summed E-state index contributed by atoms with van der Waals surface area (Å²) in [5.74, 6) is 1.01. The first kappa shape index (κ1) is 11.3. The molecule has 4 nitrogen and oxygen atoms in total. The minimum absolute atomic E-state index is 0.432. The van der Waals surface area contributed by atoms with Crippen molar-refractivity contribution in [3.8, 4) is 22.2 Å². The fourth-order valence-electron chi connectivity index (χ4n) is 1.52. The monoisotopic (exact) mass is 277 g/mol. The molecule has 0 amide bonds. The minimum atomic E-state index is 0.432. The average Bonchev–Trinajstić information content (AvgIpc) is 3.01. The van der Waals surface area contributed by atoms with Crippen molar-refractivity contribution in [1.82, 2.24) is 10.1 Å². The van der Waals surface area contributed by atoms with Crippen molar-refractivity contribution in [2.45, 2.75) is 0 Å². The van der Waals surface area contributed by atoms with Gasteiger partial charge in [0.05, 0.1) is 15.6 Å². The van der Waals surface area contributed by atoms with Crippen molar-refractivity contribution in [1.29, 1.82) is 0 Å². The molecule has 0 saturated carbocycles. The summed E-state index contributed by atoms with van der Waals surface area (Å²) in [5.41, 5.74) is 6.99. The molecule has 0 spiro atoms. The lowest BCUT2D eigenvalue weighted by molar-refractivity contribution is 0.432. The van der Waals surface area contributed by atoms with Gasteiger partial charge in [-0.15, -0.1) is 11.3 Å². The number of rotatable bonds is 2. The number of nitrogen functional groups attached to an aromatic ring is 1. The van der Waals surface area contributed by atoms with Gasteiger partial charge in [0.2, 0.25) is 5.82 Å². The van der Waals surface area contributed by atoms with Gasteiger partial charge >= 0.3 is 0 Å². The summed E-state index contributed by atoms with van der Waals surface area (Å²) in [6.45, 7) is 0. The van der Waals surface area contributed by atoms with Crippen LogP contribution >= 0.6 is 22.9 Å². The Morgan fingerprint density at radius 2 is 2.17 bits per heavy atom. The first-order valence-corrected chi connectivity index (χ1v) is 6.43. The van der Waals surface area contributed by atoms with Gasteiger partial charge in [-0.25, -0.2) is 0 Å². The van der Waals surface area contributed by atoms with Crippen LogP contribution in [-0.4, -0.2) is 10.1 Å². The van der Waals surface area contributed by atoms with Crippen molar-refractivity contribution in [2.75, 3.05) is 5.73 Å². The summed E-state index contributed by atoms with van der Waals surface area (Å²) in [6, 6.07) is 9.10. The number of hydrogen-bond acceptors (Lipinski definition) is 5. The van der Waals surface area contributed by atoms with Crippen LogP contribution in [0, 0.1) is 0 Å². The summed E-state index contributed by atoms with van der Waals surface area (Å²) in [6.07, 6.45) is 0. The van der Waals surface area contributed by atoms with E-state index < -0.39 is 0 Å². The van der Waals surface area contributed by atoms with Crippen LogP contribution in [0.5, 0.6) is 0 Å². The lowest BCUT2D eigenvalue weighted by atomic mass is 10.2. The quantitative estimate of drug-likeness (QED) is 0.725. The maximum absolute atomic E-state index is 5.86. The number of nitrogens with two attached hydrogens (primary N) is 1. The molecule has 0 aliphatic heterocycles. The summed E-state index contributed by atoms with van der Waals surface area (Å²) in [4.78, 5) is 5.29. The van der Waals surface area contributed by atoms with Crippen LogP contribution in [0.25, 0.3) is 22.2 Å². The van der Waals surface area contributed by atoms with E-state index in [1.165, 1.54) is 0 Å². The Bertz CT molecular complexity index is 678. The summed E-state index contributed by atoms with van der Waals surface area (Å²) < 4.78 is 5.22. The molecule has 0 aliphatic carbocycles. The number of aromatic nitrogens is 2. The molecule has 0 fully saturated rings. The zero-order chi connectivity index (χ0) is 12.5. The Hall–Kier alpha value is -1.85. The molecule has 2 N–H and O–H groups in total. The molecule has 0 saturated heterocycles. The molecule has 3 aromatic rings.